The number of aromatic nitrogens is 4. The van der Waals surface area contributed by atoms with Crippen molar-refractivity contribution in [1.29, 1.82) is 0 Å². The predicted molar refractivity (Wildman–Crippen MR) is 92.3 cm³/mol. The van der Waals surface area contributed by atoms with Crippen molar-refractivity contribution in [1.82, 2.24) is 24.4 Å². The first-order valence-corrected chi connectivity index (χ1v) is 7.99. The summed E-state index contributed by atoms with van der Waals surface area (Å²) in [5.74, 6) is 2.12. The van der Waals surface area contributed by atoms with E-state index in [0.717, 1.165) is 9.13 Å². The number of fused-ring (bicyclic) bond motifs is 1. The van der Waals surface area contributed by atoms with Gasteiger partial charge in [-0.2, -0.15) is 4.98 Å². The summed E-state index contributed by atoms with van der Waals surface area (Å²) in [6.07, 6.45) is 1.61. The molecule has 0 bridgehead atoms. The number of imidazole rings is 1. The standard InChI is InChI=1S/C15H20N6O5/c1-3-4-20-10-11(18-14(16)19-12(10)24)21(15(20)25)13-7(22)5-9(26-13)8(23)6-17-2/h1,7-9,13,17,22-23H,4-6H2,2H3,(H3,16,18,19,24)/t7-,8+,9+,13-/m1/s1. The largest absolute Gasteiger partial charge is 0.389 e. The molecule has 0 aromatic carbocycles. The van der Waals surface area contributed by atoms with Gasteiger partial charge in [0.15, 0.2) is 17.4 Å². The van der Waals surface area contributed by atoms with Crippen LogP contribution in [0.15, 0.2) is 9.59 Å². The van der Waals surface area contributed by atoms with Gasteiger partial charge in [-0.3, -0.25) is 14.3 Å². The maximum Gasteiger partial charge on any atom is 0.333 e. The van der Waals surface area contributed by atoms with E-state index in [1.165, 1.54) is 0 Å². The van der Waals surface area contributed by atoms with Crippen molar-refractivity contribution in [2.75, 3.05) is 19.3 Å². The van der Waals surface area contributed by atoms with Crippen LogP contribution in [0.1, 0.15) is 12.6 Å². The Morgan fingerprint density at radius 3 is 2.96 bits per heavy atom. The zero-order valence-electron chi connectivity index (χ0n) is 14.0. The van der Waals surface area contributed by atoms with Gasteiger partial charge in [0.25, 0.3) is 5.56 Å². The van der Waals surface area contributed by atoms with Gasteiger partial charge in [0, 0.05) is 13.0 Å². The molecular formula is C15H20N6O5. The summed E-state index contributed by atoms with van der Waals surface area (Å²) >= 11 is 0. The molecule has 4 atom stereocenters. The van der Waals surface area contributed by atoms with Crippen LogP contribution in [0.5, 0.6) is 0 Å². The van der Waals surface area contributed by atoms with E-state index < -0.39 is 35.8 Å². The molecule has 140 valence electrons. The van der Waals surface area contributed by atoms with Gasteiger partial charge >= 0.3 is 5.69 Å². The molecule has 0 aliphatic carbocycles. The number of anilines is 1. The first-order chi connectivity index (χ1) is 12.4. The van der Waals surface area contributed by atoms with Crippen molar-refractivity contribution in [3.8, 4) is 12.3 Å². The molecule has 0 radical (unpaired) electrons. The van der Waals surface area contributed by atoms with E-state index in [1.807, 2.05) is 0 Å². The number of rotatable bonds is 5. The zero-order chi connectivity index (χ0) is 19.0. The number of ether oxygens (including phenoxy) is 1. The average molecular weight is 364 g/mol. The highest BCUT2D eigenvalue weighted by Crippen LogP contribution is 2.31. The molecule has 2 aromatic rings. The van der Waals surface area contributed by atoms with Crippen molar-refractivity contribution in [2.45, 2.75) is 37.5 Å². The van der Waals surface area contributed by atoms with E-state index in [4.69, 9.17) is 16.9 Å². The number of hydrogen-bond donors (Lipinski definition) is 5. The minimum Gasteiger partial charge on any atom is -0.389 e. The highest BCUT2D eigenvalue weighted by Gasteiger charge is 2.41. The normalized spacial score (nSPS) is 24.0. The number of aliphatic hydroxyl groups excluding tert-OH is 2. The van der Waals surface area contributed by atoms with Gasteiger partial charge in [0.1, 0.15) is 6.10 Å². The quantitative estimate of drug-likeness (QED) is 0.359. The van der Waals surface area contributed by atoms with Crippen LogP contribution in [-0.4, -0.2) is 61.2 Å². The topological polar surface area (TPSA) is 160 Å². The molecule has 1 aliphatic heterocycles. The van der Waals surface area contributed by atoms with E-state index in [9.17, 15) is 19.8 Å². The van der Waals surface area contributed by atoms with Gasteiger partial charge in [-0.05, 0) is 7.05 Å². The molecule has 0 unspecified atom stereocenters. The minimum absolute atomic E-state index is 0.0423. The van der Waals surface area contributed by atoms with Crippen LogP contribution in [0.25, 0.3) is 11.2 Å². The number of terminal acetylenes is 1. The molecule has 1 saturated heterocycles. The molecule has 3 heterocycles. The number of nitrogens with two attached hydrogens (primary N) is 1. The third kappa shape index (κ3) is 2.89. The smallest absolute Gasteiger partial charge is 0.333 e. The Labute approximate surface area is 147 Å². The summed E-state index contributed by atoms with van der Waals surface area (Å²) in [6, 6.07) is 0. The fourth-order valence-corrected chi connectivity index (χ4v) is 3.17. The first-order valence-electron chi connectivity index (χ1n) is 7.99. The number of aromatic amines is 1. The van der Waals surface area contributed by atoms with Gasteiger partial charge in [0.05, 0.1) is 18.8 Å². The molecule has 26 heavy (non-hydrogen) atoms. The molecular weight excluding hydrogens is 344 g/mol. The van der Waals surface area contributed by atoms with E-state index in [1.54, 1.807) is 7.05 Å². The van der Waals surface area contributed by atoms with Crippen molar-refractivity contribution in [3.05, 3.63) is 20.8 Å². The number of nitrogen functional groups attached to an aromatic ring is 1. The lowest BCUT2D eigenvalue weighted by Crippen LogP contribution is -2.35. The molecule has 3 rings (SSSR count). The molecule has 0 spiro atoms. The number of aliphatic hydroxyl groups is 2. The monoisotopic (exact) mass is 364 g/mol. The van der Waals surface area contributed by atoms with Crippen molar-refractivity contribution < 1.29 is 14.9 Å². The second-order valence-corrected chi connectivity index (χ2v) is 6.06. The van der Waals surface area contributed by atoms with Gasteiger partial charge in [-0.15, -0.1) is 6.42 Å². The highest BCUT2D eigenvalue weighted by atomic mass is 16.5. The molecule has 0 saturated carbocycles. The minimum atomic E-state index is -1.13. The highest BCUT2D eigenvalue weighted by molar-refractivity contribution is 5.72. The average Bonchev–Trinajstić information content (AvgIpc) is 3.07. The zero-order valence-corrected chi connectivity index (χ0v) is 14.0. The molecule has 1 aliphatic rings. The lowest BCUT2D eigenvalue weighted by atomic mass is 10.1. The van der Waals surface area contributed by atoms with Gasteiger partial charge in [-0.1, -0.05) is 5.92 Å². The maximum absolute atomic E-state index is 12.8. The molecule has 2 aromatic heterocycles. The third-order valence-corrected chi connectivity index (χ3v) is 4.29. The van der Waals surface area contributed by atoms with Gasteiger partial charge < -0.3 is 26.0 Å². The summed E-state index contributed by atoms with van der Waals surface area (Å²) in [5.41, 5.74) is 4.21. The van der Waals surface area contributed by atoms with Crippen LogP contribution in [-0.2, 0) is 11.3 Å². The maximum atomic E-state index is 12.8. The number of nitrogens with zero attached hydrogens (tertiary/aromatic N) is 3. The van der Waals surface area contributed by atoms with Crippen molar-refractivity contribution in [3.63, 3.8) is 0 Å². The lowest BCUT2D eigenvalue weighted by molar-refractivity contribution is -0.0743. The van der Waals surface area contributed by atoms with E-state index >= 15 is 0 Å². The molecule has 11 nitrogen and oxygen atoms in total. The molecule has 1 fully saturated rings. The Kier molecular flexibility index (Phi) is 4.84. The van der Waals surface area contributed by atoms with Crippen LogP contribution in [0, 0.1) is 12.3 Å². The number of likely N-dealkylation sites (N-methyl/N-ethyl adjacent to an activating group) is 1. The first kappa shape index (κ1) is 18.2. The summed E-state index contributed by atoms with van der Waals surface area (Å²) in [6.45, 7) is 0.0916. The summed E-state index contributed by atoms with van der Waals surface area (Å²) in [4.78, 5) is 31.4. The van der Waals surface area contributed by atoms with Crippen molar-refractivity contribution >= 4 is 17.1 Å². The Bertz CT molecular complexity index is 970. The van der Waals surface area contributed by atoms with Crippen LogP contribution in [0.3, 0.4) is 0 Å². The van der Waals surface area contributed by atoms with Crippen LogP contribution in [0.4, 0.5) is 5.95 Å². The number of H-pyrrole nitrogens is 1. The second-order valence-electron chi connectivity index (χ2n) is 6.06. The Morgan fingerprint density at radius 2 is 2.31 bits per heavy atom. The van der Waals surface area contributed by atoms with E-state index in [2.05, 4.69) is 21.2 Å². The molecule has 0 amide bonds. The third-order valence-electron chi connectivity index (χ3n) is 4.29. The molecule has 6 N–H and O–H groups in total. The van der Waals surface area contributed by atoms with Crippen molar-refractivity contribution in [2.24, 2.45) is 0 Å². The Balaban J connectivity index is 2.14. The van der Waals surface area contributed by atoms with Gasteiger partial charge in [-0.25, -0.2) is 9.36 Å². The summed E-state index contributed by atoms with van der Waals surface area (Å²) in [5, 5.41) is 23.3. The number of hydrogen-bond acceptors (Lipinski definition) is 8. The second kappa shape index (κ2) is 6.93. The van der Waals surface area contributed by atoms with Crippen LogP contribution >= 0.6 is 0 Å². The fraction of sp³-hybridized carbons (Fsp3) is 0.533. The summed E-state index contributed by atoms with van der Waals surface area (Å²) < 4.78 is 7.81. The number of nitrogens with one attached hydrogen (secondary N) is 2. The van der Waals surface area contributed by atoms with Crippen LogP contribution < -0.4 is 22.3 Å². The van der Waals surface area contributed by atoms with Crippen LogP contribution in [0.2, 0.25) is 0 Å². The fourth-order valence-electron chi connectivity index (χ4n) is 3.17. The van der Waals surface area contributed by atoms with Gasteiger partial charge in [0.2, 0.25) is 5.95 Å². The Morgan fingerprint density at radius 1 is 1.58 bits per heavy atom. The predicted octanol–water partition coefficient (Wildman–Crippen LogP) is -2.67. The van der Waals surface area contributed by atoms with E-state index in [0.29, 0.717) is 0 Å². The molecule has 11 heteroatoms. The summed E-state index contributed by atoms with van der Waals surface area (Å²) in [7, 11) is 1.67. The lowest BCUT2D eigenvalue weighted by Gasteiger charge is -2.19. The van der Waals surface area contributed by atoms with E-state index in [-0.39, 0.29) is 36.6 Å². The Hall–Kier alpha value is -2.65. The SMILES string of the molecule is C#CCn1c(=O)n([C@@H]2O[C@H]([C@@H](O)CNC)C[C@H]2O)c2nc(N)[nH]c(=O)c21.